The molecule has 1 nitrogen and oxygen atoms in total. The average Bonchev–Trinajstić information content (AvgIpc) is 2.29. The van der Waals surface area contributed by atoms with Crippen LogP contribution in [0.25, 0.3) is 0 Å². The summed E-state index contributed by atoms with van der Waals surface area (Å²) in [5.41, 5.74) is 0.364. The highest BCUT2D eigenvalue weighted by Crippen LogP contribution is 2.44. The first kappa shape index (κ1) is 8.98. The van der Waals surface area contributed by atoms with Crippen molar-refractivity contribution < 1.29 is 4.79 Å². The van der Waals surface area contributed by atoms with Gasteiger partial charge in [-0.05, 0) is 24.2 Å². The molecule has 1 saturated carbocycles. The minimum absolute atomic E-state index is 0.253. The highest BCUT2D eigenvalue weighted by Gasteiger charge is 2.41. The molecule has 0 aromatic carbocycles. The molecule has 2 aliphatic carbocycles. The maximum absolute atomic E-state index is 11.6. The molecular weight excluding hydrogens is 160 g/mol. The molecule has 2 rings (SSSR count). The van der Waals surface area contributed by atoms with Crippen LogP contribution < -0.4 is 0 Å². The fourth-order valence-corrected chi connectivity index (χ4v) is 2.54. The van der Waals surface area contributed by atoms with Gasteiger partial charge in [0.05, 0.1) is 0 Å². The molecule has 0 aromatic heterocycles. The van der Waals surface area contributed by atoms with Crippen molar-refractivity contribution in [2.24, 2.45) is 23.2 Å². The van der Waals surface area contributed by atoms with Crippen LogP contribution in [0.1, 0.15) is 33.6 Å². The zero-order valence-corrected chi connectivity index (χ0v) is 8.71. The lowest BCUT2D eigenvalue weighted by molar-refractivity contribution is -0.126. The van der Waals surface area contributed by atoms with Gasteiger partial charge in [-0.25, -0.2) is 0 Å². The van der Waals surface area contributed by atoms with Crippen molar-refractivity contribution in [3.63, 3.8) is 0 Å². The third kappa shape index (κ3) is 1.45. The number of hydrogen-bond donors (Lipinski definition) is 0. The van der Waals surface area contributed by atoms with E-state index in [-0.39, 0.29) is 11.8 Å². The van der Waals surface area contributed by atoms with E-state index in [0.29, 0.717) is 11.2 Å². The zero-order valence-electron chi connectivity index (χ0n) is 8.71. The summed E-state index contributed by atoms with van der Waals surface area (Å²) in [4.78, 5) is 11.6. The van der Waals surface area contributed by atoms with Crippen LogP contribution in [0.5, 0.6) is 0 Å². The summed E-state index contributed by atoms with van der Waals surface area (Å²) in [6.07, 6.45) is 6.40. The summed E-state index contributed by atoms with van der Waals surface area (Å²) in [6, 6.07) is 0. The van der Waals surface area contributed by atoms with E-state index in [4.69, 9.17) is 0 Å². The van der Waals surface area contributed by atoms with Gasteiger partial charge in [-0.3, -0.25) is 4.79 Å². The lowest BCUT2D eigenvalue weighted by Gasteiger charge is -2.36. The van der Waals surface area contributed by atoms with Gasteiger partial charge in [0.15, 0.2) is 0 Å². The fourth-order valence-electron chi connectivity index (χ4n) is 2.54. The van der Waals surface area contributed by atoms with Crippen LogP contribution in [0, 0.1) is 23.2 Å². The Balaban J connectivity index is 2.14. The van der Waals surface area contributed by atoms with E-state index >= 15 is 0 Å². The molecule has 0 radical (unpaired) electrons. The van der Waals surface area contributed by atoms with Crippen LogP contribution in [-0.2, 0) is 4.79 Å². The first-order chi connectivity index (χ1) is 5.98. The fraction of sp³-hybridized carbons (Fsp3) is 0.750. The number of ketones is 1. The summed E-state index contributed by atoms with van der Waals surface area (Å²) >= 11 is 0. The lowest BCUT2D eigenvalue weighted by Crippen LogP contribution is -2.33. The van der Waals surface area contributed by atoms with Crippen LogP contribution in [0.4, 0.5) is 0 Å². The predicted octanol–water partition coefficient (Wildman–Crippen LogP) is 2.81. The molecule has 0 amide bonds. The number of carbonyl (C=O) groups is 1. The van der Waals surface area contributed by atoms with Gasteiger partial charge in [0.2, 0.25) is 0 Å². The topological polar surface area (TPSA) is 17.1 Å². The van der Waals surface area contributed by atoms with Gasteiger partial charge in [-0.15, -0.1) is 0 Å². The third-order valence-electron chi connectivity index (χ3n) is 3.61. The highest BCUT2D eigenvalue weighted by molar-refractivity contribution is 5.90. The first-order valence-corrected chi connectivity index (χ1v) is 5.20. The van der Waals surface area contributed by atoms with E-state index in [1.54, 1.807) is 0 Å². The Bertz CT molecular complexity index is 239. The average molecular weight is 178 g/mol. The van der Waals surface area contributed by atoms with Gasteiger partial charge in [-0.2, -0.15) is 0 Å². The predicted molar refractivity (Wildman–Crippen MR) is 53.3 cm³/mol. The van der Waals surface area contributed by atoms with E-state index in [2.05, 4.69) is 32.9 Å². The van der Waals surface area contributed by atoms with Crippen molar-refractivity contribution in [2.45, 2.75) is 33.6 Å². The van der Waals surface area contributed by atoms with Gasteiger partial charge in [0, 0.05) is 11.8 Å². The van der Waals surface area contributed by atoms with Crippen LogP contribution in [0.2, 0.25) is 0 Å². The van der Waals surface area contributed by atoms with Gasteiger partial charge in [0.25, 0.3) is 0 Å². The minimum atomic E-state index is 0.253. The smallest absolute Gasteiger partial charge is 0.146 e. The Labute approximate surface area is 80.2 Å². The maximum Gasteiger partial charge on any atom is 0.146 e. The molecule has 0 aliphatic heterocycles. The molecule has 0 aromatic rings. The molecule has 13 heavy (non-hydrogen) atoms. The molecule has 2 aliphatic rings. The molecule has 0 spiro atoms. The molecule has 0 heterocycles. The van der Waals surface area contributed by atoms with Crippen molar-refractivity contribution in [1.82, 2.24) is 0 Å². The van der Waals surface area contributed by atoms with Crippen molar-refractivity contribution >= 4 is 5.78 Å². The molecule has 1 fully saturated rings. The van der Waals surface area contributed by atoms with Crippen LogP contribution in [-0.4, -0.2) is 5.78 Å². The van der Waals surface area contributed by atoms with Crippen molar-refractivity contribution in [3.05, 3.63) is 12.2 Å². The summed E-state index contributed by atoms with van der Waals surface area (Å²) in [5, 5.41) is 0. The number of fused-ring (bicyclic) bond motifs is 2. The van der Waals surface area contributed by atoms with E-state index in [9.17, 15) is 4.79 Å². The highest BCUT2D eigenvalue weighted by atomic mass is 16.1. The summed E-state index contributed by atoms with van der Waals surface area (Å²) in [7, 11) is 0. The number of hydrogen-bond acceptors (Lipinski definition) is 1. The Kier molecular flexibility index (Phi) is 1.86. The first-order valence-electron chi connectivity index (χ1n) is 5.20. The molecular formula is C12H18O. The largest absolute Gasteiger partial charge is 0.298 e. The molecule has 0 N–H and O–H groups in total. The second-order valence-electron chi connectivity index (χ2n) is 5.53. The zero-order chi connectivity index (χ0) is 9.64. The Morgan fingerprint density at radius 1 is 1.15 bits per heavy atom. The van der Waals surface area contributed by atoms with Crippen LogP contribution in [0.3, 0.4) is 0 Å². The summed E-state index contributed by atoms with van der Waals surface area (Å²) in [5.74, 6) is 1.70. The number of carbonyl (C=O) groups excluding carboxylic acids is 1. The van der Waals surface area contributed by atoms with E-state index in [1.807, 2.05) is 0 Å². The van der Waals surface area contributed by atoms with Crippen molar-refractivity contribution in [1.29, 1.82) is 0 Å². The van der Waals surface area contributed by atoms with E-state index in [0.717, 1.165) is 18.8 Å². The molecule has 72 valence electrons. The van der Waals surface area contributed by atoms with Gasteiger partial charge in [0.1, 0.15) is 5.78 Å². The molecule has 1 heteroatoms. The third-order valence-corrected chi connectivity index (χ3v) is 3.61. The Morgan fingerprint density at radius 3 is 2.00 bits per heavy atom. The second kappa shape index (κ2) is 2.70. The monoisotopic (exact) mass is 178 g/mol. The van der Waals surface area contributed by atoms with Crippen molar-refractivity contribution in [2.75, 3.05) is 0 Å². The van der Waals surface area contributed by atoms with Crippen LogP contribution in [0.15, 0.2) is 12.2 Å². The molecule has 2 bridgehead atoms. The van der Waals surface area contributed by atoms with E-state index in [1.165, 1.54) is 0 Å². The number of Topliss-reactive ketones (excluding diaryl/α,β-unsaturated/α-hetero) is 1. The van der Waals surface area contributed by atoms with Crippen molar-refractivity contribution in [3.8, 4) is 0 Å². The lowest BCUT2D eigenvalue weighted by atomic mass is 9.68. The standard InChI is InChI=1S/C12H18O/c1-12(2,3)10-6-8-4-5-9(7-10)11(8)13/h4-5,8-10H,6-7H2,1-3H3. The van der Waals surface area contributed by atoms with Crippen LogP contribution >= 0.6 is 0 Å². The van der Waals surface area contributed by atoms with Gasteiger partial charge in [-0.1, -0.05) is 32.9 Å². The summed E-state index contributed by atoms with van der Waals surface area (Å²) in [6.45, 7) is 6.85. The Hall–Kier alpha value is -0.590. The minimum Gasteiger partial charge on any atom is -0.298 e. The quantitative estimate of drug-likeness (QED) is 0.521. The van der Waals surface area contributed by atoms with Gasteiger partial charge >= 0.3 is 0 Å². The molecule has 2 unspecified atom stereocenters. The molecule has 0 saturated heterocycles. The van der Waals surface area contributed by atoms with E-state index < -0.39 is 0 Å². The molecule has 2 atom stereocenters. The second-order valence-corrected chi connectivity index (χ2v) is 5.53. The SMILES string of the molecule is CC(C)(C)C1CC2C=CC(C1)C2=O. The Morgan fingerprint density at radius 2 is 1.62 bits per heavy atom. The van der Waals surface area contributed by atoms with Gasteiger partial charge < -0.3 is 0 Å². The number of allylic oxidation sites excluding steroid dienone is 2. The summed E-state index contributed by atoms with van der Waals surface area (Å²) < 4.78 is 0. The number of rotatable bonds is 0. The normalized spacial score (nSPS) is 38.4. The maximum atomic E-state index is 11.6.